The van der Waals surface area contributed by atoms with Gasteiger partial charge in [0.2, 0.25) is 5.91 Å². The first kappa shape index (κ1) is 18.0. The van der Waals surface area contributed by atoms with Crippen LogP contribution in [0.2, 0.25) is 0 Å². The molecule has 1 aliphatic heterocycles. The van der Waals surface area contributed by atoms with Crippen molar-refractivity contribution in [2.24, 2.45) is 5.92 Å². The van der Waals surface area contributed by atoms with Crippen molar-refractivity contribution in [3.63, 3.8) is 0 Å². The van der Waals surface area contributed by atoms with Gasteiger partial charge in [-0.2, -0.15) is 0 Å². The highest BCUT2D eigenvalue weighted by Gasteiger charge is 2.23. The molecule has 128 valence electrons. The van der Waals surface area contributed by atoms with Crippen LogP contribution in [0.3, 0.4) is 0 Å². The SMILES string of the molecule is CNCC1CCN(C(=O)CC(C)c2ccc(C(C)C)cc2)CC1. The minimum Gasteiger partial charge on any atom is -0.343 e. The summed E-state index contributed by atoms with van der Waals surface area (Å²) >= 11 is 0. The molecular weight excluding hydrogens is 284 g/mol. The van der Waals surface area contributed by atoms with Gasteiger partial charge in [0.25, 0.3) is 0 Å². The van der Waals surface area contributed by atoms with Crippen molar-refractivity contribution in [2.75, 3.05) is 26.7 Å². The van der Waals surface area contributed by atoms with Gasteiger partial charge in [-0.3, -0.25) is 4.79 Å². The Morgan fingerprint density at radius 3 is 2.22 bits per heavy atom. The average Bonchev–Trinajstić information content (AvgIpc) is 2.55. The molecule has 1 aromatic carbocycles. The highest BCUT2D eigenvalue weighted by molar-refractivity contribution is 5.77. The summed E-state index contributed by atoms with van der Waals surface area (Å²) < 4.78 is 0. The first-order valence-corrected chi connectivity index (χ1v) is 9.03. The summed E-state index contributed by atoms with van der Waals surface area (Å²) in [4.78, 5) is 14.6. The van der Waals surface area contributed by atoms with Crippen LogP contribution in [0.15, 0.2) is 24.3 Å². The summed E-state index contributed by atoms with van der Waals surface area (Å²) in [6.07, 6.45) is 2.88. The lowest BCUT2D eigenvalue weighted by atomic mass is 9.92. The van der Waals surface area contributed by atoms with E-state index in [9.17, 15) is 4.79 Å². The van der Waals surface area contributed by atoms with Crippen molar-refractivity contribution in [1.82, 2.24) is 10.2 Å². The largest absolute Gasteiger partial charge is 0.343 e. The van der Waals surface area contributed by atoms with Crippen LogP contribution < -0.4 is 5.32 Å². The standard InChI is InChI=1S/C20H32N2O/c1-15(2)18-5-7-19(8-6-18)16(3)13-20(23)22-11-9-17(10-12-22)14-21-4/h5-8,15-17,21H,9-14H2,1-4H3. The molecule has 0 radical (unpaired) electrons. The number of nitrogens with one attached hydrogen (secondary N) is 1. The van der Waals surface area contributed by atoms with E-state index in [0.29, 0.717) is 24.2 Å². The molecule has 1 fully saturated rings. The Kier molecular flexibility index (Phi) is 6.64. The van der Waals surface area contributed by atoms with Crippen LogP contribution in [0.4, 0.5) is 0 Å². The molecule has 0 saturated carbocycles. The highest BCUT2D eigenvalue weighted by atomic mass is 16.2. The fourth-order valence-electron chi connectivity index (χ4n) is 3.39. The monoisotopic (exact) mass is 316 g/mol. The number of hydrogen-bond acceptors (Lipinski definition) is 2. The van der Waals surface area contributed by atoms with Gasteiger partial charge in [-0.15, -0.1) is 0 Å². The molecule has 1 aromatic rings. The van der Waals surface area contributed by atoms with E-state index in [4.69, 9.17) is 0 Å². The highest BCUT2D eigenvalue weighted by Crippen LogP contribution is 2.24. The third kappa shape index (κ3) is 5.07. The van der Waals surface area contributed by atoms with Gasteiger partial charge in [-0.05, 0) is 55.3 Å². The topological polar surface area (TPSA) is 32.3 Å². The van der Waals surface area contributed by atoms with Crippen molar-refractivity contribution in [2.45, 2.75) is 51.9 Å². The number of carbonyl (C=O) groups excluding carboxylic acids is 1. The summed E-state index contributed by atoms with van der Waals surface area (Å²) in [5.74, 6) is 1.89. The van der Waals surface area contributed by atoms with Gasteiger partial charge in [0.1, 0.15) is 0 Å². The summed E-state index contributed by atoms with van der Waals surface area (Å²) in [6.45, 7) is 9.49. The van der Waals surface area contributed by atoms with Crippen LogP contribution in [0.5, 0.6) is 0 Å². The Balaban J connectivity index is 1.85. The maximum absolute atomic E-state index is 12.5. The Labute approximate surface area is 141 Å². The van der Waals surface area contributed by atoms with Crippen molar-refractivity contribution in [1.29, 1.82) is 0 Å². The number of likely N-dealkylation sites (tertiary alicyclic amines) is 1. The van der Waals surface area contributed by atoms with Crippen LogP contribution in [0.1, 0.15) is 63.0 Å². The molecule has 1 amide bonds. The molecule has 0 aromatic heterocycles. The smallest absolute Gasteiger partial charge is 0.223 e. The van der Waals surface area contributed by atoms with Crippen LogP contribution in [0.25, 0.3) is 0 Å². The van der Waals surface area contributed by atoms with E-state index in [1.54, 1.807) is 0 Å². The number of nitrogens with zero attached hydrogens (tertiary/aromatic N) is 1. The predicted octanol–water partition coefficient (Wildman–Crippen LogP) is 3.76. The number of amides is 1. The summed E-state index contributed by atoms with van der Waals surface area (Å²) in [5.41, 5.74) is 2.63. The summed E-state index contributed by atoms with van der Waals surface area (Å²) in [6, 6.07) is 8.77. The van der Waals surface area contributed by atoms with Gasteiger partial charge in [0.15, 0.2) is 0 Å². The Bertz CT molecular complexity index is 487. The van der Waals surface area contributed by atoms with E-state index in [1.165, 1.54) is 11.1 Å². The predicted molar refractivity (Wildman–Crippen MR) is 96.8 cm³/mol. The average molecular weight is 316 g/mol. The molecule has 0 aliphatic carbocycles. The second-order valence-electron chi connectivity index (χ2n) is 7.31. The fourth-order valence-corrected chi connectivity index (χ4v) is 3.39. The zero-order chi connectivity index (χ0) is 16.8. The Morgan fingerprint density at radius 1 is 1.13 bits per heavy atom. The first-order chi connectivity index (χ1) is 11.0. The van der Waals surface area contributed by atoms with Gasteiger partial charge in [-0.25, -0.2) is 0 Å². The molecule has 23 heavy (non-hydrogen) atoms. The normalized spacial score (nSPS) is 17.5. The fraction of sp³-hybridized carbons (Fsp3) is 0.650. The zero-order valence-corrected chi connectivity index (χ0v) is 15.1. The van der Waals surface area contributed by atoms with E-state index in [1.807, 2.05) is 7.05 Å². The molecule has 1 unspecified atom stereocenters. The lowest BCUT2D eigenvalue weighted by Gasteiger charge is -2.32. The molecule has 1 saturated heterocycles. The van der Waals surface area contributed by atoms with Crippen molar-refractivity contribution in [3.8, 4) is 0 Å². The van der Waals surface area contributed by atoms with Gasteiger partial charge in [0.05, 0.1) is 0 Å². The molecule has 1 N–H and O–H groups in total. The first-order valence-electron chi connectivity index (χ1n) is 9.03. The Hall–Kier alpha value is -1.35. The van der Waals surface area contributed by atoms with E-state index >= 15 is 0 Å². The maximum Gasteiger partial charge on any atom is 0.223 e. The van der Waals surface area contributed by atoms with Gasteiger partial charge in [0, 0.05) is 19.5 Å². The molecule has 0 spiro atoms. The molecule has 1 atom stereocenters. The summed E-state index contributed by atoms with van der Waals surface area (Å²) in [7, 11) is 2.00. The van der Waals surface area contributed by atoms with Crippen molar-refractivity contribution in [3.05, 3.63) is 35.4 Å². The number of hydrogen-bond donors (Lipinski definition) is 1. The molecule has 1 aliphatic rings. The minimum atomic E-state index is 0.291. The van der Waals surface area contributed by atoms with E-state index in [0.717, 1.165) is 38.4 Å². The molecule has 3 heteroatoms. The maximum atomic E-state index is 12.5. The van der Waals surface area contributed by atoms with Gasteiger partial charge in [-0.1, -0.05) is 45.0 Å². The van der Waals surface area contributed by atoms with Gasteiger partial charge < -0.3 is 10.2 Å². The lowest BCUT2D eigenvalue weighted by Crippen LogP contribution is -2.40. The van der Waals surface area contributed by atoms with E-state index in [2.05, 4.69) is 55.3 Å². The molecule has 2 rings (SSSR count). The summed E-state index contributed by atoms with van der Waals surface area (Å²) in [5, 5.41) is 3.24. The third-order valence-corrected chi connectivity index (χ3v) is 5.11. The van der Waals surface area contributed by atoms with Gasteiger partial charge >= 0.3 is 0 Å². The van der Waals surface area contributed by atoms with Crippen LogP contribution in [0, 0.1) is 5.92 Å². The molecule has 1 heterocycles. The number of piperidine rings is 1. The van der Waals surface area contributed by atoms with Crippen molar-refractivity contribution < 1.29 is 4.79 Å². The molecule has 0 bridgehead atoms. The zero-order valence-electron chi connectivity index (χ0n) is 15.1. The van der Waals surface area contributed by atoms with Crippen molar-refractivity contribution >= 4 is 5.91 Å². The quantitative estimate of drug-likeness (QED) is 0.866. The van der Waals surface area contributed by atoms with Crippen LogP contribution in [-0.2, 0) is 4.79 Å². The lowest BCUT2D eigenvalue weighted by molar-refractivity contribution is -0.132. The number of rotatable bonds is 6. The third-order valence-electron chi connectivity index (χ3n) is 5.11. The molecular formula is C20H32N2O. The second kappa shape index (κ2) is 8.49. The number of benzene rings is 1. The molecule has 3 nitrogen and oxygen atoms in total. The van der Waals surface area contributed by atoms with E-state index < -0.39 is 0 Å². The Morgan fingerprint density at radius 2 is 1.70 bits per heavy atom. The second-order valence-corrected chi connectivity index (χ2v) is 7.31. The number of carbonyl (C=O) groups is 1. The van der Waals surface area contributed by atoms with E-state index in [-0.39, 0.29) is 0 Å². The minimum absolute atomic E-state index is 0.291. The van der Waals surface area contributed by atoms with Crippen LogP contribution in [-0.4, -0.2) is 37.5 Å². The van der Waals surface area contributed by atoms with Crippen LogP contribution >= 0.6 is 0 Å².